The van der Waals surface area contributed by atoms with Gasteiger partial charge >= 0.3 is 0 Å². The lowest BCUT2D eigenvalue weighted by Gasteiger charge is -2.11. The van der Waals surface area contributed by atoms with Gasteiger partial charge in [0.1, 0.15) is 0 Å². The molecule has 100 valence electrons. The molecule has 0 radical (unpaired) electrons. The summed E-state index contributed by atoms with van der Waals surface area (Å²) in [4.78, 5) is 3.44. The first kappa shape index (κ1) is 13.4. The van der Waals surface area contributed by atoms with Crippen LogP contribution in [0.3, 0.4) is 0 Å². The van der Waals surface area contributed by atoms with Crippen molar-refractivity contribution in [1.29, 1.82) is 0 Å². The zero-order valence-electron chi connectivity index (χ0n) is 9.75. The quantitative estimate of drug-likeness (QED) is 0.891. The molecule has 1 aromatic heterocycles. The van der Waals surface area contributed by atoms with Crippen LogP contribution in [0.1, 0.15) is 5.56 Å². The fourth-order valence-electron chi connectivity index (χ4n) is 1.55. The Morgan fingerprint density at radius 2 is 2.00 bits per heavy atom. The predicted molar refractivity (Wildman–Crippen MR) is 67.4 cm³/mol. The van der Waals surface area contributed by atoms with E-state index in [1.165, 1.54) is 30.5 Å². The number of aliphatic hydroxyl groups is 1. The fraction of sp³-hybridized carbons (Fsp3) is 0.0833. The number of aromatic nitrogens is 1. The van der Waals surface area contributed by atoms with E-state index in [2.05, 4.69) is 9.71 Å². The van der Waals surface area contributed by atoms with Gasteiger partial charge in [-0.25, -0.2) is 12.8 Å². The summed E-state index contributed by atoms with van der Waals surface area (Å²) in [7, 11) is -3.96. The highest BCUT2D eigenvalue weighted by molar-refractivity contribution is 7.92. The molecular weight excluding hydrogens is 271 g/mol. The molecule has 0 spiro atoms. The molecule has 0 aliphatic carbocycles. The number of pyridine rings is 1. The van der Waals surface area contributed by atoms with Crippen LogP contribution in [0.25, 0.3) is 0 Å². The molecular formula is C12H11FN2O3S. The van der Waals surface area contributed by atoms with Crippen LogP contribution in [0.2, 0.25) is 0 Å². The lowest BCUT2D eigenvalue weighted by molar-refractivity contribution is 0.278. The van der Waals surface area contributed by atoms with Crippen molar-refractivity contribution < 1.29 is 17.9 Å². The fourth-order valence-corrected chi connectivity index (χ4v) is 2.85. The Kier molecular flexibility index (Phi) is 3.77. The van der Waals surface area contributed by atoms with Crippen LogP contribution < -0.4 is 4.72 Å². The minimum Gasteiger partial charge on any atom is -0.392 e. The van der Waals surface area contributed by atoms with Crippen molar-refractivity contribution in [1.82, 2.24) is 4.98 Å². The SMILES string of the molecule is O=S(=O)(Nc1ccncc1F)c1ccccc1CO. The summed E-state index contributed by atoms with van der Waals surface area (Å²) in [6.45, 7) is -0.421. The first-order chi connectivity index (χ1) is 9.04. The molecule has 0 aliphatic rings. The van der Waals surface area contributed by atoms with Crippen molar-refractivity contribution in [3.05, 3.63) is 54.1 Å². The molecule has 1 heterocycles. The zero-order chi connectivity index (χ0) is 13.9. The summed E-state index contributed by atoms with van der Waals surface area (Å²) in [5.74, 6) is -0.771. The van der Waals surface area contributed by atoms with Gasteiger partial charge in [0.25, 0.3) is 10.0 Å². The maximum absolute atomic E-state index is 13.4. The molecule has 0 unspecified atom stereocenters. The van der Waals surface area contributed by atoms with E-state index < -0.39 is 22.4 Å². The van der Waals surface area contributed by atoms with Gasteiger partial charge in [0.15, 0.2) is 5.82 Å². The minimum atomic E-state index is -3.96. The molecule has 1 aromatic carbocycles. The van der Waals surface area contributed by atoms with Crippen molar-refractivity contribution in [3.63, 3.8) is 0 Å². The Labute approximate surface area is 109 Å². The van der Waals surface area contributed by atoms with Crippen molar-refractivity contribution >= 4 is 15.7 Å². The van der Waals surface area contributed by atoms with E-state index >= 15 is 0 Å². The Bertz CT molecular complexity index is 689. The number of rotatable bonds is 4. The number of nitrogens with one attached hydrogen (secondary N) is 1. The number of anilines is 1. The Balaban J connectivity index is 2.41. The number of sulfonamides is 1. The summed E-state index contributed by atoms with van der Waals surface area (Å²) >= 11 is 0. The standard InChI is InChI=1S/C12H11FN2O3S/c13-10-7-14-6-5-11(10)15-19(17,18)12-4-2-1-3-9(12)8-16/h1-7,16H,8H2,(H,14,15). The summed E-state index contributed by atoms with van der Waals surface area (Å²) in [6, 6.07) is 7.17. The first-order valence-electron chi connectivity index (χ1n) is 5.35. The molecule has 0 fully saturated rings. The number of nitrogens with zero attached hydrogens (tertiary/aromatic N) is 1. The lowest BCUT2D eigenvalue weighted by atomic mass is 10.2. The van der Waals surface area contributed by atoms with Crippen LogP contribution in [-0.4, -0.2) is 18.5 Å². The first-order valence-corrected chi connectivity index (χ1v) is 6.84. The maximum Gasteiger partial charge on any atom is 0.262 e. The van der Waals surface area contributed by atoms with Crippen molar-refractivity contribution in [3.8, 4) is 0 Å². The van der Waals surface area contributed by atoms with Gasteiger partial charge in [0.05, 0.1) is 23.4 Å². The Morgan fingerprint density at radius 3 is 2.68 bits per heavy atom. The van der Waals surface area contributed by atoms with E-state index in [4.69, 9.17) is 5.11 Å². The molecule has 0 bridgehead atoms. The average Bonchev–Trinajstić information content (AvgIpc) is 2.41. The van der Waals surface area contributed by atoms with E-state index in [1.807, 2.05) is 0 Å². The van der Waals surface area contributed by atoms with Crippen LogP contribution >= 0.6 is 0 Å². The third kappa shape index (κ3) is 2.88. The topological polar surface area (TPSA) is 79.3 Å². The van der Waals surface area contributed by atoms with Crippen LogP contribution in [-0.2, 0) is 16.6 Å². The lowest BCUT2D eigenvalue weighted by Crippen LogP contribution is -2.16. The maximum atomic E-state index is 13.4. The third-order valence-corrected chi connectivity index (χ3v) is 3.92. The molecule has 19 heavy (non-hydrogen) atoms. The highest BCUT2D eigenvalue weighted by Crippen LogP contribution is 2.20. The van der Waals surface area contributed by atoms with E-state index in [-0.39, 0.29) is 16.1 Å². The normalized spacial score (nSPS) is 11.3. The number of benzene rings is 1. The summed E-state index contributed by atoms with van der Waals surface area (Å²) in [5.41, 5.74) is 0.0483. The van der Waals surface area contributed by atoms with Crippen LogP contribution in [0.5, 0.6) is 0 Å². The second kappa shape index (κ2) is 5.33. The van der Waals surface area contributed by atoms with E-state index in [0.717, 1.165) is 6.20 Å². The summed E-state index contributed by atoms with van der Waals surface area (Å²) in [6.07, 6.45) is 2.19. The van der Waals surface area contributed by atoms with Crippen LogP contribution in [0.4, 0.5) is 10.1 Å². The second-order valence-electron chi connectivity index (χ2n) is 3.73. The predicted octanol–water partition coefficient (Wildman–Crippen LogP) is 1.51. The van der Waals surface area contributed by atoms with Gasteiger partial charge in [0, 0.05) is 6.20 Å². The van der Waals surface area contributed by atoms with E-state index in [0.29, 0.717) is 0 Å². The average molecular weight is 282 g/mol. The molecule has 0 atom stereocenters. The second-order valence-corrected chi connectivity index (χ2v) is 5.38. The monoisotopic (exact) mass is 282 g/mol. The number of hydrogen-bond acceptors (Lipinski definition) is 4. The highest BCUT2D eigenvalue weighted by Gasteiger charge is 2.19. The molecule has 7 heteroatoms. The molecule has 2 aromatic rings. The van der Waals surface area contributed by atoms with Gasteiger partial charge in [-0.05, 0) is 17.7 Å². The smallest absolute Gasteiger partial charge is 0.262 e. The molecule has 0 aliphatic heterocycles. The molecule has 5 nitrogen and oxygen atoms in total. The summed E-state index contributed by atoms with van der Waals surface area (Å²) < 4.78 is 39.8. The molecule has 0 amide bonds. The molecule has 0 saturated carbocycles. The van der Waals surface area contributed by atoms with Gasteiger partial charge < -0.3 is 5.11 Å². The van der Waals surface area contributed by atoms with Crippen molar-refractivity contribution in [2.75, 3.05) is 4.72 Å². The zero-order valence-corrected chi connectivity index (χ0v) is 10.6. The minimum absolute atomic E-state index is 0.0892. The van der Waals surface area contributed by atoms with E-state index in [9.17, 15) is 12.8 Å². The van der Waals surface area contributed by atoms with Crippen molar-refractivity contribution in [2.24, 2.45) is 0 Å². The van der Waals surface area contributed by atoms with Gasteiger partial charge in [0.2, 0.25) is 0 Å². The van der Waals surface area contributed by atoms with Gasteiger partial charge in [-0.1, -0.05) is 18.2 Å². The number of halogens is 1. The molecule has 0 saturated heterocycles. The van der Waals surface area contributed by atoms with Gasteiger partial charge in [-0.2, -0.15) is 0 Å². The van der Waals surface area contributed by atoms with E-state index in [1.54, 1.807) is 6.07 Å². The largest absolute Gasteiger partial charge is 0.392 e. The molecule has 2 N–H and O–H groups in total. The summed E-state index contributed by atoms with van der Waals surface area (Å²) in [5, 5.41) is 9.13. The molecule has 2 rings (SSSR count). The van der Waals surface area contributed by atoms with Crippen molar-refractivity contribution in [2.45, 2.75) is 11.5 Å². The highest BCUT2D eigenvalue weighted by atomic mass is 32.2. The van der Waals surface area contributed by atoms with Gasteiger partial charge in [-0.15, -0.1) is 0 Å². The number of aliphatic hydroxyl groups excluding tert-OH is 1. The van der Waals surface area contributed by atoms with Crippen LogP contribution in [0, 0.1) is 5.82 Å². The Morgan fingerprint density at radius 1 is 1.26 bits per heavy atom. The van der Waals surface area contributed by atoms with Gasteiger partial charge in [-0.3, -0.25) is 9.71 Å². The van der Waals surface area contributed by atoms with Crippen LogP contribution in [0.15, 0.2) is 47.6 Å². The Hall–Kier alpha value is -1.99. The third-order valence-electron chi connectivity index (χ3n) is 2.45. The number of hydrogen-bond donors (Lipinski definition) is 2.